The minimum atomic E-state index is -0.369. The molecule has 0 bridgehead atoms. The Morgan fingerprint density at radius 3 is 2.62 bits per heavy atom. The van der Waals surface area contributed by atoms with E-state index in [1.165, 1.54) is 0 Å². The van der Waals surface area contributed by atoms with Crippen LogP contribution in [0.15, 0.2) is 35.5 Å². The van der Waals surface area contributed by atoms with Crippen molar-refractivity contribution in [3.8, 4) is 0 Å². The summed E-state index contributed by atoms with van der Waals surface area (Å²) < 4.78 is 5.30. The minimum absolute atomic E-state index is 0.243. The van der Waals surface area contributed by atoms with Crippen LogP contribution in [0.1, 0.15) is 18.9 Å². The van der Waals surface area contributed by atoms with Crippen molar-refractivity contribution in [2.24, 2.45) is 5.16 Å². The van der Waals surface area contributed by atoms with Crippen LogP contribution in [0, 0.1) is 0 Å². The standard InChI is InChI=1S/C12H17NO3/c1-10(14)7-8-16-9-12(13-15)11-5-3-2-4-6-11/h2-6,10,14-15H,7-9H2,1H3. The first-order valence-electron chi connectivity index (χ1n) is 5.26. The quantitative estimate of drug-likeness (QED) is 0.333. The van der Waals surface area contributed by atoms with Gasteiger partial charge in [0.1, 0.15) is 5.71 Å². The maximum Gasteiger partial charge on any atom is 0.112 e. The van der Waals surface area contributed by atoms with E-state index in [1.807, 2.05) is 30.3 Å². The maximum atomic E-state index is 9.03. The van der Waals surface area contributed by atoms with Crippen LogP contribution >= 0.6 is 0 Å². The van der Waals surface area contributed by atoms with Gasteiger partial charge in [0.25, 0.3) is 0 Å². The van der Waals surface area contributed by atoms with Crippen LogP contribution in [0.4, 0.5) is 0 Å². The van der Waals surface area contributed by atoms with E-state index in [-0.39, 0.29) is 12.7 Å². The number of ether oxygens (including phenoxy) is 1. The van der Waals surface area contributed by atoms with Gasteiger partial charge in [-0.25, -0.2) is 0 Å². The highest BCUT2D eigenvalue weighted by atomic mass is 16.5. The van der Waals surface area contributed by atoms with Gasteiger partial charge in [-0.15, -0.1) is 0 Å². The highest BCUT2D eigenvalue weighted by Gasteiger charge is 2.04. The van der Waals surface area contributed by atoms with Crippen LogP contribution in [0.25, 0.3) is 0 Å². The molecule has 88 valence electrons. The highest BCUT2D eigenvalue weighted by Crippen LogP contribution is 2.02. The third-order valence-electron chi connectivity index (χ3n) is 2.15. The molecule has 4 nitrogen and oxygen atoms in total. The second-order valence-electron chi connectivity index (χ2n) is 3.60. The van der Waals surface area contributed by atoms with Crippen LogP contribution < -0.4 is 0 Å². The number of aliphatic hydroxyl groups is 1. The zero-order valence-electron chi connectivity index (χ0n) is 9.34. The molecule has 1 aromatic carbocycles. The molecule has 0 aromatic heterocycles. The van der Waals surface area contributed by atoms with E-state index < -0.39 is 0 Å². The molecule has 1 aromatic rings. The molecule has 0 spiro atoms. The number of hydrogen-bond donors (Lipinski definition) is 2. The Labute approximate surface area is 95.2 Å². The summed E-state index contributed by atoms with van der Waals surface area (Å²) in [4.78, 5) is 0. The second kappa shape index (κ2) is 6.98. The summed E-state index contributed by atoms with van der Waals surface area (Å²) in [7, 11) is 0. The van der Waals surface area contributed by atoms with Gasteiger partial charge in [0.15, 0.2) is 0 Å². The van der Waals surface area contributed by atoms with Gasteiger partial charge in [-0.3, -0.25) is 0 Å². The number of rotatable bonds is 6. The third-order valence-corrected chi connectivity index (χ3v) is 2.15. The van der Waals surface area contributed by atoms with E-state index in [4.69, 9.17) is 15.1 Å². The number of nitrogens with zero attached hydrogens (tertiary/aromatic N) is 1. The molecule has 1 atom stereocenters. The fourth-order valence-electron chi connectivity index (χ4n) is 1.22. The van der Waals surface area contributed by atoms with Crippen molar-refractivity contribution in [3.05, 3.63) is 35.9 Å². The molecule has 0 amide bonds. The molecule has 0 fully saturated rings. The van der Waals surface area contributed by atoms with Gasteiger partial charge in [0.05, 0.1) is 12.7 Å². The molecule has 0 aliphatic rings. The molecule has 1 rings (SSSR count). The zero-order chi connectivity index (χ0) is 11.8. The van der Waals surface area contributed by atoms with Gasteiger partial charge in [0.2, 0.25) is 0 Å². The van der Waals surface area contributed by atoms with Crippen molar-refractivity contribution in [3.63, 3.8) is 0 Å². The first-order chi connectivity index (χ1) is 7.74. The van der Waals surface area contributed by atoms with Gasteiger partial charge in [-0.1, -0.05) is 35.5 Å². The molecule has 0 heterocycles. The summed E-state index contributed by atoms with van der Waals surface area (Å²) in [5.74, 6) is 0. The van der Waals surface area contributed by atoms with E-state index in [0.29, 0.717) is 18.7 Å². The topological polar surface area (TPSA) is 62.0 Å². The lowest BCUT2D eigenvalue weighted by atomic mass is 10.1. The predicted octanol–water partition coefficient (Wildman–Crippen LogP) is 1.65. The van der Waals surface area contributed by atoms with Crippen molar-refractivity contribution in [2.45, 2.75) is 19.4 Å². The Morgan fingerprint density at radius 1 is 1.38 bits per heavy atom. The van der Waals surface area contributed by atoms with E-state index in [2.05, 4.69) is 5.16 Å². The van der Waals surface area contributed by atoms with Crippen molar-refractivity contribution >= 4 is 5.71 Å². The third kappa shape index (κ3) is 4.42. The van der Waals surface area contributed by atoms with E-state index >= 15 is 0 Å². The average Bonchev–Trinajstić information content (AvgIpc) is 2.30. The Bertz CT molecular complexity index is 322. The van der Waals surface area contributed by atoms with Crippen LogP contribution in [-0.2, 0) is 4.74 Å². The van der Waals surface area contributed by atoms with Gasteiger partial charge in [0, 0.05) is 12.2 Å². The fraction of sp³-hybridized carbons (Fsp3) is 0.417. The van der Waals surface area contributed by atoms with Gasteiger partial charge in [-0.2, -0.15) is 0 Å². The van der Waals surface area contributed by atoms with Crippen molar-refractivity contribution in [1.29, 1.82) is 0 Å². The average molecular weight is 223 g/mol. The van der Waals surface area contributed by atoms with Gasteiger partial charge < -0.3 is 15.1 Å². The summed E-state index contributed by atoms with van der Waals surface area (Å²) in [6.07, 6.45) is 0.208. The number of oxime groups is 1. The Kier molecular flexibility index (Phi) is 5.53. The first kappa shape index (κ1) is 12.7. The highest BCUT2D eigenvalue weighted by molar-refractivity contribution is 6.01. The molecule has 0 saturated carbocycles. The molecule has 1 unspecified atom stereocenters. The molecule has 4 heteroatoms. The van der Waals surface area contributed by atoms with E-state index in [9.17, 15) is 0 Å². The number of benzene rings is 1. The zero-order valence-corrected chi connectivity index (χ0v) is 9.34. The molecular weight excluding hydrogens is 206 g/mol. The van der Waals surface area contributed by atoms with Crippen LogP contribution in [0.3, 0.4) is 0 Å². The summed E-state index contributed by atoms with van der Waals surface area (Å²) in [6, 6.07) is 9.35. The summed E-state index contributed by atoms with van der Waals surface area (Å²) >= 11 is 0. The van der Waals surface area contributed by atoms with Crippen LogP contribution in [0.2, 0.25) is 0 Å². The van der Waals surface area contributed by atoms with E-state index in [1.54, 1.807) is 6.92 Å². The maximum absolute atomic E-state index is 9.03. The monoisotopic (exact) mass is 223 g/mol. The molecule has 0 aliphatic heterocycles. The second-order valence-corrected chi connectivity index (χ2v) is 3.60. The molecular formula is C12H17NO3. The lowest BCUT2D eigenvalue weighted by Crippen LogP contribution is -2.13. The summed E-state index contributed by atoms with van der Waals surface area (Å²) in [5.41, 5.74) is 1.33. The molecule has 0 radical (unpaired) electrons. The largest absolute Gasteiger partial charge is 0.411 e. The smallest absolute Gasteiger partial charge is 0.112 e. The molecule has 16 heavy (non-hydrogen) atoms. The normalized spacial score (nSPS) is 13.8. The SMILES string of the molecule is CC(O)CCOCC(=NO)c1ccccc1. The predicted molar refractivity (Wildman–Crippen MR) is 61.9 cm³/mol. The Hall–Kier alpha value is -1.39. The Morgan fingerprint density at radius 2 is 2.06 bits per heavy atom. The summed E-state index contributed by atoms with van der Waals surface area (Å²) in [5, 5.41) is 21.1. The summed E-state index contributed by atoms with van der Waals surface area (Å²) in [6.45, 7) is 2.40. The van der Waals surface area contributed by atoms with Crippen molar-refractivity contribution in [1.82, 2.24) is 0 Å². The molecule has 0 saturated heterocycles. The fourth-order valence-corrected chi connectivity index (χ4v) is 1.22. The number of aliphatic hydroxyl groups excluding tert-OH is 1. The van der Waals surface area contributed by atoms with E-state index in [0.717, 1.165) is 5.56 Å². The minimum Gasteiger partial charge on any atom is -0.411 e. The Balaban J connectivity index is 2.40. The van der Waals surface area contributed by atoms with Gasteiger partial charge >= 0.3 is 0 Å². The van der Waals surface area contributed by atoms with Crippen LogP contribution in [-0.4, -0.2) is 35.3 Å². The molecule has 2 N–H and O–H groups in total. The molecule has 0 aliphatic carbocycles. The first-order valence-corrected chi connectivity index (χ1v) is 5.26. The lowest BCUT2D eigenvalue weighted by Gasteiger charge is -2.07. The number of hydrogen-bond acceptors (Lipinski definition) is 4. The lowest BCUT2D eigenvalue weighted by molar-refractivity contribution is 0.108. The van der Waals surface area contributed by atoms with Crippen molar-refractivity contribution < 1.29 is 15.1 Å². The van der Waals surface area contributed by atoms with Crippen molar-refractivity contribution in [2.75, 3.05) is 13.2 Å². The van der Waals surface area contributed by atoms with Crippen LogP contribution in [0.5, 0.6) is 0 Å². The van der Waals surface area contributed by atoms with Gasteiger partial charge in [-0.05, 0) is 13.3 Å².